The van der Waals surface area contributed by atoms with Crippen LogP contribution in [0.15, 0.2) is 65.6 Å². The SMILES string of the molecule is COc1ccc(NC(=O)CSc2ccc3ccccc3c2)cc1OC(F)F. The highest BCUT2D eigenvalue weighted by molar-refractivity contribution is 8.00. The van der Waals surface area contributed by atoms with Gasteiger partial charge in [-0.15, -0.1) is 11.8 Å². The van der Waals surface area contributed by atoms with Gasteiger partial charge in [-0.25, -0.2) is 0 Å². The summed E-state index contributed by atoms with van der Waals surface area (Å²) in [6.45, 7) is -2.98. The van der Waals surface area contributed by atoms with Gasteiger partial charge in [0.25, 0.3) is 0 Å². The number of anilines is 1. The highest BCUT2D eigenvalue weighted by Crippen LogP contribution is 2.31. The van der Waals surface area contributed by atoms with Gasteiger partial charge in [-0.1, -0.05) is 30.3 Å². The van der Waals surface area contributed by atoms with Crippen LogP contribution >= 0.6 is 11.8 Å². The Labute approximate surface area is 159 Å². The molecule has 1 N–H and O–H groups in total. The summed E-state index contributed by atoms with van der Waals surface area (Å²) >= 11 is 1.40. The zero-order chi connectivity index (χ0) is 19.2. The summed E-state index contributed by atoms with van der Waals surface area (Å²) in [5, 5.41) is 4.91. The number of hydrogen-bond acceptors (Lipinski definition) is 4. The van der Waals surface area contributed by atoms with Crippen LogP contribution in [0.3, 0.4) is 0 Å². The molecule has 3 aromatic carbocycles. The predicted octanol–water partition coefficient (Wildman–Crippen LogP) is 5.18. The smallest absolute Gasteiger partial charge is 0.387 e. The van der Waals surface area contributed by atoms with Crippen LogP contribution in [0.5, 0.6) is 11.5 Å². The van der Waals surface area contributed by atoms with Gasteiger partial charge in [0.05, 0.1) is 12.9 Å². The van der Waals surface area contributed by atoms with Gasteiger partial charge in [0.1, 0.15) is 0 Å². The Bertz CT molecular complexity index is 949. The van der Waals surface area contributed by atoms with Crippen molar-refractivity contribution < 1.29 is 23.0 Å². The van der Waals surface area contributed by atoms with Crippen LogP contribution < -0.4 is 14.8 Å². The predicted molar refractivity (Wildman–Crippen MR) is 103 cm³/mol. The van der Waals surface area contributed by atoms with E-state index in [0.717, 1.165) is 15.7 Å². The minimum absolute atomic E-state index is 0.132. The third-order valence-electron chi connectivity index (χ3n) is 3.75. The number of rotatable bonds is 7. The molecule has 0 spiro atoms. The minimum Gasteiger partial charge on any atom is -0.493 e. The fraction of sp³-hybridized carbons (Fsp3) is 0.150. The van der Waals surface area contributed by atoms with Crippen molar-refractivity contribution in [3.8, 4) is 11.5 Å². The van der Waals surface area contributed by atoms with E-state index in [2.05, 4.69) is 10.1 Å². The summed E-state index contributed by atoms with van der Waals surface area (Å²) in [7, 11) is 1.35. The van der Waals surface area contributed by atoms with Crippen molar-refractivity contribution in [2.45, 2.75) is 11.5 Å². The maximum atomic E-state index is 12.5. The molecule has 0 aromatic heterocycles. The maximum absolute atomic E-state index is 12.5. The molecule has 0 radical (unpaired) electrons. The number of thioether (sulfide) groups is 1. The van der Waals surface area contributed by atoms with Gasteiger partial charge in [0.15, 0.2) is 11.5 Å². The first-order valence-corrected chi connectivity index (χ1v) is 9.08. The van der Waals surface area contributed by atoms with Crippen molar-refractivity contribution in [1.82, 2.24) is 0 Å². The van der Waals surface area contributed by atoms with E-state index in [1.165, 1.54) is 31.0 Å². The molecule has 140 valence electrons. The lowest BCUT2D eigenvalue weighted by Crippen LogP contribution is -2.14. The number of fused-ring (bicyclic) bond motifs is 1. The zero-order valence-electron chi connectivity index (χ0n) is 14.4. The number of halogens is 2. The Balaban J connectivity index is 1.63. The van der Waals surface area contributed by atoms with Crippen molar-refractivity contribution in [2.24, 2.45) is 0 Å². The third kappa shape index (κ3) is 5.10. The third-order valence-corrected chi connectivity index (χ3v) is 4.75. The lowest BCUT2D eigenvalue weighted by atomic mass is 10.1. The van der Waals surface area contributed by atoms with E-state index in [9.17, 15) is 13.6 Å². The number of alkyl halides is 2. The summed E-state index contributed by atoms with van der Waals surface area (Å²) in [6.07, 6.45) is 0. The zero-order valence-corrected chi connectivity index (χ0v) is 15.3. The maximum Gasteiger partial charge on any atom is 0.387 e. The van der Waals surface area contributed by atoms with Crippen molar-refractivity contribution in [3.05, 3.63) is 60.7 Å². The van der Waals surface area contributed by atoms with Crippen LogP contribution in [-0.4, -0.2) is 25.4 Å². The van der Waals surface area contributed by atoms with Crippen molar-refractivity contribution >= 4 is 34.1 Å². The van der Waals surface area contributed by atoms with Crippen LogP contribution in [0.2, 0.25) is 0 Å². The molecular formula is C20H17F2NO3S. The first kappa shape index (κ1) is 19.0. The summed E-state index contributed by atoms with van der Waals surface area (Å²) in [5.41, 5.74) is 0.357. The second-order valence-electron chi connectivity index (χ2n) is 5.59. The molecule has 1 amide bonds. The monoisotopic (exact) mass is 389 g/mol. The van der Waals surface area contributed by atoms with E-state index in [0.29, 0.717) is 5.69 Å². The van der Waals surface area contributed by atoms with Gasteiger partial charge < -0.3 is 14.8 Å². The topological polar surface area (TPSA) is 47.6 Å². The Hall–Kier alpha value is -2.80. The van der Waals surface area contributed by atoms with Gasteiger partial charge in [-0.05, 0) is 35.0 Å². The molecule has 0 atom stereocenters. The standard InChI is InChI=1S/C20H17F2NO3S/c1-25-17-9-7-15(11-18(17)26-20(21)22)23-19(24)12-27-16-8-6-13-4-2-3-5-14(13)10-16/h2-11,20H,12H2,1H3,(H,23,24). The fourth-order valence-corrected chi connectivity index (χ4v) is 3.29. The molecular weight excluding hydrogens is 372 g/mol. The second-order valence-corrected chi connectivity index (χ2v) is 6.64. The average molecular weight is 389 g/mol. The molecule has 0 aliphatic heterocycles. The molecule has 3 rings (SSSR count). The number of nitrogens with one attached hydrogen (secondary N) is 1. The van der Waals surface area contributed by atoms with Gasteiger partial charge in [-0.3, -0.25) is 4.79 Å². The number of amides is 1. The van der Waals surface area contributed by atoms with Crippen molar-refractivity contribution in [1.29, 1.82) is 0 Å². The second kappa shape index (κ2) is 8.73. The summed E-state index contributed by atoms with van der Waals surface area (Å²) in [5.74, 6) is -0.0253. The highest BCUT2D eigenvalue weighted by atomic mass is 32.2. The van der Waals surface area contributed by atoms with E-state index in [1.54, 1.807) is 6.07 Å². The van der Waals surface area contributed by atoms with E-state index in [1.807, 2.05) is 42.5 Å². The Morgan fingerprint density at radius 1 is 1.04 bits per heavy atom. The van der Waals surface area contributed by atoms with Crippen LogP contribution in [0.4, 0.5) is 14.5 Å². The van der Waals surface area contributed by atoms with E-state index < -0.39 is 6.61 Å². The normalized spacial score (nSPS) is 10.8. The molecule has 27 heavy (non-hydrogen) atoms. The van der Waals surface area contributed by atoms with E-state index >= 15 is 0 Å². The number of benzene rings is 3. The quantitative estimate of drug-likeness (QED) is 0.566. The molecule has 0 aliphatic carbocycles. The van der Waals surface area contributed by atoms with Crippen LogP contribution in [0.1, 0.15) is 0 Å². The number of ether oxygens (including phenoxy) is 2. The van der Waals surface area contributed by atoms with Crippen LogP contribution in [0, 0.1) is 0 Å². The number of methoxy groups -OCH3 is 1. The Kier molecular flexibility index (Phi) is 6.13. The number of hydrogen-bond donors (Lipinski definition) is 1. The van der Waals surface area contributed by atoms with Crippen LogP contribution in [0.25, 0.3) is 10.8 Å². The lowest BCUT2D eigenvalue weighted by Gasteiger charge is -2.12. The highest BCUT2D eigenvalue weighted by Gasteiger charge is 2.12. The first-order chi connectivity index (χ1) is 13.0. The molecule has 3 aromatic rings. The molecule has 0 fully saturated rings. The first-order valence-electron chi connectivity index (χ1n) is 8.09. The minimum atomic E-state index is -2.98. The van der Waals surface area contributed by atoms with Gasteiger partial charge >= 0.3 is 6.61 Å². The number of carbonyl (C=O) groups excluding carboxylic acids is 1. The van der Waals surface area contributed by atoms with Gasteiger partial charge in [0.2, 0.25) is 5.91 Å². The molecule has 0 bridgehead atoms. The molecule has 4 nitrogen and oxygen atoms in total. The molecule has 7 heteroatoms. The fourth-order valence-electron chi connectivity index (χ4n) is 2.55. The molecule has 0 saturated carbocycles. The summed E-state index contributed by atoms with van der Waals surface area (Å²) in [4.78, 5) is 13.2. The lowest BCUT2D eigenvalue weighted by molar-refractivity contribution is -0.113. The molecule has 0 saturated heterocycles. The van der Waals surface area contributed by atoms with Gasteiger partial charge in [0, 0.05) is 16.6 Å². The van der Waals surface area contributed by atoms with E-state index in [4.69, 9.17) is 4.74 Å². The van der Waals surface area contributed by atoms with Crippen molar-refractivity contribution in [2.75, 3.05) is 18.2 Å². The van der Waals surface area contributed by atoms with Crippen LogP contribution in [-0.2, 0) is 4.79 Å². The van der Waals surface area contributed by atoms with Gasteiger partial charge in [-0.2, -0.15) is 8.78 Å². The Morgan fingerprint density at radius 3 is 2.56 bits per heavy atom. The molecule has 0 unspecified atom stereocenters. The number of carbonyl (C=O) groups is 1. The molecule has 0 heterocycles. The Morgan fingerprint density at radius 2 is 1.81 bits per heavy atom. The summed E-state index contributed by atoms with van der Waals surface area (Å²) < 4.78 is 34.3. The largest absolute Gasteiger partial charge is 0.493 e. The average Bonchev–Trinajstić information content (AvgIpc) is 2.66. The summed E-state index contributed by atoms with van der Waals surface area (Å²) in [6, 6.07) is 18.3. The van der Waals surface area contributed by atoms with E-state index in [-0.39, 0.29) is 23.2 Å². The van der Waals surface area contributed by atoms with Crippen molar-refractivity contribution in [3.63, 3.8) is 0 Å². The molecule has 0 aliphatic rings.